The van der Waals surface area contributed by atoms with Crippen LogP contribution in [0.25, 0.3) is 10.9 Å². The van der Waals surface area contributed by atoms with Gasteiger partial charge in [-0.05, 0) is 94.0 Å². The van der Waals surface area contributed by atoms with Crippen LogP contribution >= 0.6 is 0 Å². The standard InChI is InChI=1S/C32H38F2N6O3/c1-39(2)11-4-12-40(3)25-5-7-27(30(18-25)35-24-9-13-42-14-10-24)32(41)36-31-28-19-26(6-8-29(28)37-38-31)43-20-21-15-22(33)17-23(34)16-21/h5-8,15-19,24,35H,4,9-14,20H2,1-3H3,(H2,36,37,38,41). The number of aromatic amines is 1. The lowest BCUT2D eigenvalue weighted by atomic mass is 10.1. The van der Waals surface area contributed by atoms with Crippen molar-refractivity contribution in [1.82, 2.24) is 15.1 Å². The molecule has 5 rings (SSSR count). The fraction of sp³-hybridized carbons (Fsp3) is 0.375. The third-order valence-electron chi connectivity index (χ3n) is 7.46. The maximum atomic E-state index is 13.7. The van der Waals surface area contributed by atoms with E-state index in [0.717, 1.165) is 49.8 Å². The van der Waals surface area contributed by atoms with Gasteiger partial charge in [-0.1, -0.05) is 0 Å². The number of anilines is 3. The number of aromatic nitrogens is 2. The Balaban J connectivity index is 1.34. The Hall–Kier alpha value is -4.22. The number of hydrogen-bond acceptors (Lipinski definition) is 7. The van der Waals surface area contributed by atoms with Gasteiger partial charge in [0.2, 0.25) is 0 Å². The number of ether oxygens (including phenoxy) is 2. The van der Waals surface area contributed by atoms with E-state index in [-0.39, 0.29) is 18.6 Å². The fourth-order valence-electron chi connectivity index (χ4n) is 5.12. The second-order valence-electron chi connectivity index (χ2n) is 11.1. The smallest absolute Gasteiger partial charge is 0.258 e. The van der Waals surface area contributed by atoms with Gasteiger partial charge in [0.25, 0.3) is 5.91 Å². The molecule has 1 aliphatic rings. The molecule has 0 unspecified atom stereocenters. The Morgan fingerprint density at radius 3 is 2.53 bits per heavy atom. The number of nitrogens with zero attached hydrogens (tertiary/aromatic N) is 3. The summed E-state index contributed by atoms with van der Waals surface area (Å²) in [6, 6.07) is 14.5. The van der Waals surface area contributed by atoms with E-state index in [1.807, 2.05) is 18.2 Å². The molecule has 11 heteroatoms. The molecule has 0 aliphatic carbocycles. The minimum atomic E-state index is -0.663. The van der Waals surface area contributed by atoms with Gasteiger partial charge in [0, 0.05) is 55.7 Å². The van der Waals surface area contributed by atoms with Crippen LogP contribution in [-0.2, 0) is 11.3 Å². The van der Waals surface area contributed by atoms with Crippen LogP contribution in [-0.4, -0.2) is 74.5 Å². The van der Waals surface area contributed by atoms with E-state index < -0.39 is 11.6 Å². The molecule has 2 heterocycles. The van der Waals surface area contributed by atoms with Crippen LogP contribution in [0.5, 0.6) is 5.75 Å². The van der Waals surface area contributed by atoms with Crippen LogP contribution in [0.2, 0.25) is 0 Å². The number of hydrogen-bond donors (Lipinski definition) is 3. The third-order valence-corrected chi connectivity index (χ3v) is 7.46. The Bertz CT molecular complexity index is 1530. The predicted molar refractivity (Wildman–Crippen MR) is 165 cm³/mol. The largest absolute Gasteiger partial charge is 0.489 e. The molecule has 1 saturated heterocycles. The number of rotatable bonds is 12. The summed E-state index contributed by atoms with van der Waals surface area (Å²) in [6.07, 6.45) is 2.74. The highest BCUT2D eigenvalue weighted by molar-refractivity contribution is 6.11. The normalized spacial score (nSPS) is 13.8. The van der Waals surface area contributed by atoms with Gasteiger partial charge in [-0.15, -0.1) is 0 Å². The van der Waals surface area contributed by atoms with Gasteiger partial charge < -0.3 is 29.9 Å². The van der Waals surface area contributed by atoms with E-state index in [1.165, 1.54) is 12.1 Å². The molecule has 3 N–H and O–H groups in total. The molecule has 0 radical (unpaired) electrons. The van der Waals surface area contributed by atoms with Crippen molar-refractivity contribution in [3.05, 3.63) is 77.4 Å². The van der Waals surface area contributed by atoms with Gasteiger partial charge in [0.05, 0.1) is 11.1 Å². The monoisotopic (exact) mass is 592 g/mol. The average Bonchev–Trinajstić information content (AvgIpc) is 3.37. The summed E-state index contributed by atoms with van der Waals surface area (Å²) >= 11 is 0. The summed E-state index contributed by atoms with van der Waals surface area (Å²) in [7, 11) is 6.19. The Labute approximate surface area is 250 Å². The first-order valence-electron chi connectivity index (χ1n) is 14.5. The summed E-state index contributed by atoms with van der Waals surface area (Å²) in [5, 5.41) is 14.4. The zero-order valence-corrected chi connectivity index (χ0v) is 24.8. The van der Waals surface area contributed by atoms with E-state index in [2.05, 4.69) is 51.8 Å². The van der Waals surface area contributed by atoms with Crippen molar-refractivity contribution in [3.63, 3.8) is 0 Å². The molecular weight excluding hydrogens is 554 g/mol. The third kappa shape index (κ3) is 7.99. The number of fused-ring (bicyclic) bond motifs is 1. The summed E-state index contributed by atoms with van der Waals surface area (Å²) < 4.78 is 38.5. The molecule has 4 aromatic rings. The average molecular weight is 593 g/mol. The molecule has 1 fully saturated rings. The molecule has 1 aliphatic heterocycles. The van der Waals surface area contributed by atoms with E-state index in [1.54, 1.807) is 18.2 Å². The maximum absolute atomic E-state index is 13.7. The minimum Gasteiger partial charge on any atom is -0.489 e. The topological polar surface area (TPSA) is 94.8 Å². The highest BCUT2D eigenvalue weighted by Crippen LogP contribution is 2.29. The van der Waals surface area contributed by atoms with Crippen molar-refractivity contribution >= 4 is 34.0 Å². The number of carbonyl (C=O) groups excluding carboxylic acids is 1. The van der Waals surface area contributed by atoms with Crippen LogP contribution in [0.3, 0.4) is 0 Å². The second kappa shape index (κ2) is 13.8. The SMILES string of the molecule is CN(C)CCCN(C)c1ccc(C(=O)Nc2n[nH]c3ccc(OCc4cc(F)cc(F)c4)cc23)c(NC2CCOCC2)c1. The van der Waals surface area contributed by atoms with Gasteiger partial charge in [-0.2, -0.15) is 5.10 Å². The van der Waals surface area contributed by atoms with Crippen LogP contribution < -0.4 is 20.3 Å². The van der Waals surface area contributed by atoms with Crippen LogP contribution in [0.4, 0.5) is 26.0 Å². The lowest BCUT2D eigenvalue weighted by Crippen LogP contribution is -2.29. The highest BCUT2D eigenvalue weighted by atomic mass is 19.1. The van der Waals surface area contributed by atoms with E-state index in [4.69, 9.17) is 9.47 Å². The summed E-state index contributed by atoms with van der Waals surface area (Å²) in [5.41, 5.74) is 3.36. The van der Waals surface area contributed by atoms with Crippen molar-refractivity contribution < 1.29 is 23.0 Å². The maximum Gasteiger partial charge on any atom is 0.258 e. The van der Waals surface area contributed by atoms with Crippen LogP contribution in [0.15, 0.2) is 54.6 Å². The molecule has 0 saturated carbocycles. The van der Waals surface area contributed by atoms with Crippen molar-refractivity contribution in [1.29, 1.82) is 0 Å². The summed E-state index contributed by atoms with van der Waals surface area (Å²) in [6.45, 7) is 3.23. The molecule has 3 aromatic carbocycles. The Morgan fingerprint density at radius 2 is 1.79 bits per heavy atom. The predicted octanol–water partition coefficient (Wildman–Crippen LogP) is 5.65. The van der Waals surface area contributed by atoms with Crippen LogP contribution in [0.1, 0.15) is 35.2 Å². The molecule has 228 valence electrons. The number of halogens is 2. The van der Waals surface area contributed by atoms with E-state index >= 15 is 0 Å². The number of amides is 1. The lowest BCUT2D eigenvalue weighted by Gasteiger charge is -2.27. The van der Waals surface area contributed by atoms with Crippen molar-refractivity contribution in [3.8, 4) is 5.75 Å². The van der Waals surface area contributed by atoms with Gasteiger partial charge in [-0.25, -0.2) is 8.78 Å². The first kappa shape index (κ1) is 30.2. The molecule has 0 atom stereocenters. The van der Waals surface area contributed by atoms with Gasteiger partial charge in [0.1, 0.15) is 24.0 Å². The van der Waals surface area contributed by atoms with Crippen LogP contribution in [0, 0.1) is 11.6 Å². The molecule has 9 nitrogen and oxygen atoms in total. The van der Waals surface area contributed by atoms with Crippen molar-refractivity contribution in [2.75, 3.05) is 63.0 Å². The van der Waals surface area contributed by atoms with Gasteiger partial charge >= 0.3 is 0 Å². The number of nitrogens with one attached hydrogen (secondary N) is 3. The number of benzene rings is 3. The molecule has 0 spiro atoms. The van der Waals surface area contributed by atoms with E-state index in [9.17, 15) is 13.6 Å². The van der Waals surface area contributed by atoms with E-state index in [0.29, 0.717) is 46.8 Å². The zero-order chi connectivity index (χ0) is 30.3. The summed E-state index contributed by atoms with van der Waals surface area (Å²) in [5.74, 6) is -0.805. The summed E-state index contributed by atoms with van der Waals surface area (Å²) in [4.78, 5) is 18.0. The number of H-pyrrole nitrogens is 1. The van der Waals surface area contributed by atoms with Gasteiger partial charge in [-0.3, -0.25) is 9.89 Å². The zero-order valence-electron chi connectivity index (χ0n) is 24.8. The van der Waals surface area contributed by atoms with Crippen molar-refractivity contribution in [2.45, 2.75) is 31.9 Å². The Kier molecular flexibility index (Phi) is 9.73. The minimum absolute atomic E-state index is 0.0170. The molecule has 43 heavy (non-hydrogen) atoms. The van der Waals surface area contributed by atoms with Crippen molar-refractivity contribution in [2.24, 2.45) is 0 Å². The first-order chi connectivity index (χ1) is 20.7. The molecule has 1 amide bonds. The fourth-order valence-corrected chi connectivity index (χ4v) is 5.12. The molecule has 1 aromatic heterocycles. The molecule has 0 bridgehead atoms. The number of carbonyl (C=O) groups is 1. The highest BCUT2D eigenvalue weighted by Gasteiger charge is 2.20. The van der Waals surface area contributed by atoms with Gasteiger partial charge in [0.15, 0.2) is 5.82 Å². The first-order valence-corrected chi connectivity index (χ1v) is 14.5. The quantitative estimate of drug-likeness (QED) is 0.196. The molecular formula is C32H38F2N6O3. The Morgan fingerprint density at radius 1 is 1.02 bits per heavy atom. The second-order valence-corrected chi connectivity index (χ2v) is 11.1. The lowest BCUT2D eigenvalue weighted by molar-refractivity contribution is 0.0904.